The number of fused-ring (bicyclic) bond motifs is 1. The minimum Gasteiger partial charge on any atom is -0.436 e. The molecule has 0 saturated heterocycles. The average Bonchev–Trinajstić information content (AvgIpc) is 2.90. The van der Waals surface area contributed by atoms with Crippen LogP contribution in [0.25, 0.3) is 11.2 Å². The van der Waals surface area contributed by atoms with E-state index in [4.69, 9.17) is 10.4 Å². The van der Waals surface area contributed by atoms with Crippen LogP contribution in [0.2, 0.25) is 13.1 Å². The van der Waals surface area contributed by atoms with Crippen LogP contribution < -0.4 is 5.73 Å². The molecule has 0 saturated carbocycles. The second-order valence-electron chi connectivity index (χ2n) is 6.05. The topological polar surface area (TPSA) is 78.9 Å². The molecular weight excluding hydrogens is 393 g/mol. The van der Waals surface area contributed by atoms with Crippen molar-refractivity contribution >= 4 is 39.8 Å². The van der Waals surface area contributed by atoms with Crippen molar-refractivity contribution in [3.63, 3.8) is 0 Å². The summed E-state index contributed by atoms with van der Waals surface area (Å²) in [6.45, 7) is 13.3. The van der Waals surface area contributed by atoms with Gasteiger partial charge in [0.15, 0.2) is 21.7 Å². The fourth-order valence-electron chi connectivity index (χ4n) is 2.77. The predicted molar refractivity (Wildman–Crippen MR) is 112 cm³/mol. The maximum Gasteiger partial charge on any atom is 0.294 e. The molecule has 0 unspecified atom stereocenters. The normalized spacial score (nSPS) is 12.7. The first kappa shape index (κ1) is 20.4. The molecule has 138 valence electrons. The second-order valence-corrected chi connectivity index (χ2v) is 6.76. The van der Waals surface area contributed by atoms with Crippen molar-refractivity contribution in [2.24, 2.45) is 0 Å². The maximum absolute atomic E-state index is 5.99. The molecule has 0 spiro atoms. The number of allylic oxidation sites excluding steroid dienone is 5. The van der Waals surface area contributed by atoms with E-state index in [1.807, 2.05) is 31.4 Å². The Bertz CT molecular complexity index is 859. The van der Waals surface area contributed by atoms with Gasteiger partial charge in [-0.2, -0.15) is 0 Å². The van der Waals surface area contributed by atoms with Crippen molar-refractivity contribution < 1.29 is 4.65 Å². The van der Waals surface area contributed by atoms with Gasteiger partial charge in [0.25, 0.3) is 6.92 Å². The number of hydrogen-bond acceptors (Lipinski definition) is 5. The van der Waals surface area contributed by atoms with Gasteiger partial charge in [-0.05, 0) is 48.6 Å². The van der Waals surface area contributed by atoms with E-state index in [-0.39, 0.29) is 6.92 Å². The highest BCUT2D eigenvalue weighted by Crippen LogP contribution is 2.24. The standard InChI is InChI=1S/C18H25BBrN5O/c1-6-13(10-19(5)26-8-3)9-14(7-2)11-25-17-15(24-18(25)20)16(21)22-12(4)23-17/h6-7,9H,1,8,10-11H2,2-5H3,(H2,21,22,23)/b13-9+,14-7+. The molecule has 2 aromatic rings. The molecule has 2 aromatic heterocycles. The third kappa shape index (κ3) is 4.83. The summed E-state index contributed by atoms with van der Waals surface area (Å²) in [5.41, 5.74) is 9.57. The van der Waals surface area contributed by atoms with Crippen LogP contribution in [0.4, 0.5) is 5.82 Å². The van der Waals surface area contributed by atoms with Gasteiger partial charge in [-0.25, -0.2) is 15.0 Å². The number of rotatable bonds is 8. The van der Waals surface area contributed by atoms with E-state index >= 15 is 0 Å². The molecule has 6 nitrogen and oxygen atoms in total. The lowest BCUT2D eigenvalue weighted by Crippen LogP contribution is -2.13. The smallest absolute Gasteiger partial charge is 0.294 e. The number of anilines is 1. The number of nitrogens with zero attached hydrogens (tertiary/aromatic N) is 4. The van der Waals surface area contributed by atoms with Crippen LogP contribution in [0.1, 0.15) is 19.7 Å². The number of aromatic nitrogens is 4. The fraction of sp³-hybridized carbons (Fsp3) is 0.389. The zero-order valence-electron chi connectivity index (χ0n) is 15.8. The molecule has 2 N–H and O–H groups in total. The largest absolute Gasteiger partial charge is 0.436 e. The number of hydrogen-bond donors (Lipinski definition) is 1. The molecule has 2 heterocycles. The predicted octanol–water partition coefficient (Wildman–Crippen LogP) is 4.20. The summed E-state index contributed by atoms with van der Waals surface area (Å²) in [6.07, 6.45) is 6.90. The van der Waals surface area contributed by atoms with E-state index in [1.165, 1.54) is 0 Å². The summed E-state index contributed by atoms with van der Waals surface area (Å²) in [4.78, 5) is 13.1. The molecule has 0 aromatic carbocycles. The van der Waals surface area contributed by atoms with E-state index in [0.717, 1.165) is 23.1 Å². The molecule has 8 heteroatoms. The SMILES string of the molecule is C=C/C(=C\C(=C/C)Cn1c(Br)nc2c(N)nc(C)nc21)CB(C)OCC. The highest BCUT2D eigenvalue weighted by atomic mass is 79.9. The molecular formula is C18H25BBrN5O. The highest BCUT2D eigenvalue weighted by Gasteiger charge is 2.15. The van der Waals surface area contributed by atoms with Crippen molar-refractivity contribution in [1.29, 1.82) is 0 Å². The van der Waals surface area contributed by atoms with Gasteiger partial charge in [0.1, 0.15) is 5.82 Å². The molecule has 0 aliphatic rings. The van der Waals surface area contributed by atoms with Crippen LogP contribution in [-0.4, -0.2) is 33.0 Å². The molecule has 2 rings (SSSR count). The molecule has 0 amide bonds. The van der Waals surface area contributed by atoms with Crippen LogP contribution in [0, 0.1) is 6.92 Å². The zero-order chi connectivity index (χ0) is 19.3. The molecule has 0 atom stereocenters. The molecule has 26 heavy (non-hydrogen) atoms. The molecule has 0 bridgehead atoms. The van der Waals surface area contributed by atoms with Crippen molar-refractivity contribution in [3.05, 3.63) is 46.5 Å². The van der Waals surface area contributed by atoms with E-state index in [2.05, 4.69) is 56.4 Å². The van der Waals surface area contributed by atoms with Crippen LogP contribution in [0.3, 0.4) is 0 Å². The Morgan fingerprint density at radius 3 is 2.69 bits per heavy atom. The first-order valence-electron chi connectivity index (χ1n) is 8.65. The number of nitrogen functional groups attached to an aromatic ring is 1. The van der Waals surface area contributed by atoms with Crippen molar-refractivity contribution in [2.45, 2.75) is 40.5 Å². The maximum atomic E-state index is 5.99. The Hall–Kier alpha value is -1.93. The Balaban J connectivity index is 2.33. The summed E-state index contributed by atoms with van der Waals surface area (Å²) >= 11 is 3.51. The fourth-order valence-corrected chi connectivity index (χ4v) is 3.24. The third-order valence-electron chi connectivity index (χ3n) is 4.01. The van der Waals surface area contributed by atoms with Gasteiger partial charge in [0.05, 0.1) is 6.54 Å². The Labute approximate surface area is 163 Å². The number of aryl methyl sites for hydroxylation is 1. The van der Waals surface area contributed by atoms with Gasteiger partial charge in [-0.3, -0.25) is 4.57 Å². The van der Waals surface area contributed by atoms with E-state index in [1.54, 1.807) is 0 Å². The van der Waals surface area contributed by atoms with Crippen LogP contribution in [0.15, 0.2) is 40.7 Å². The summed E-state index contributed by atoms with van der Waals surface area (Å²) < 4.78 is 8.30. The number of imidazole rings is 1. The van der Waals surface area contributed by atoms with Gasteiger partial charge in [-0.1, -0.05) is 37.2 Å². The first-order chi connectivity index (χ1) is 12.4. The zero-order valence-corrected chi connectivity index (χ0v) is 17.4. The van der Waals surface area contributed by atoms with Crippen LogP contribution in [0.5, 0.6) is 0 Å². The monoisotopic (exact) mass is 417 g/mol. The summed E-state index contributed by atoms with van der Waals surface area (Å²) in [5.74, 6) is 1.01. The minimum atomic E-state index is 0.151. The average molecular weight is 418 g/mol. The van der Waals surface area contributed by atoms with E-state index in [9.17, 15) is 0 Å². The molecule has 0 fully saturated rings. The molecule has 0 aliphatic heterocycles. The first-order valence-corrected chi connectivity index (χ1v) is 9.44. The molecule has 0 radical (unpaired) electrons. The minimum absolute atomic E-state index is 0.151. The lowest BCUT2D eigenvalue weighted by atomic mass is 9.65. The van der Waals surface area contributed by atoms with Crippen LogP contribution >= 0.6 is 15.9 Å². The van der Waals surface area contributed by atoms with Crippen molar-refractivity contribution in [2.75, 3.05) is 12.3 Å². The summed E-state index contributed by atoms with van der Waals surface area (Å²) in [5, 5.41) is 0. The Morgan fingerprint density at radius 1 is 1.35 bits per heavy atom. The van der Waals surface area contributed by atoms with Gasteiger partial charge in [0, 0.05) is 6.61 Å². The lowest BCUT2D eigenvalue weighted by molar-refractivity contribution is 0.347. The van der Waals surface area contributed by atoms with Crippen molar-refractivity contribution in [1.82, 2.24) is 19.5 Å². The van der Waals surface area contributed by atoms with Gasteiger partial charge >= 0.3 is 0 Å². The number of nitrogens with two attached hydrogens (primary N) is 1. The van der Waals surface area contributed by atoms with Gasteiger partial charge in [0.2, 0.25) is 0 Å². The lowest BCUT2D eigenvalue weighted by Gasteiger charge is -2.11. The quantitative estimate of drug-likeness (QED) is 0.395. The van der Waals surface area contributed by atoms with E-state index in [0.29, 0.717) is 35.0 Å². The van der Waals surface area contributed by atoms with Gasteiger partial charge in [-0.15, -0.1) is 0 Å². The van der Waals surface area contributed by atoms with Crippen LogP contribution in [-0.2, 0) is 11.2 Å². The van der Waals surface area contributed by atoms with E-state index < -0.39 is 0 Å². The second kappa shape index (κ2) is 9.14. The number of halogens is 1. The Morgan fingerprint density at radius 2 is 2.08 bits per heavy atom. The van der Waals surface area contributed by atoms with Crippen molar-refractivity contribution in [3.8, 4) is 0 Å². The molecule has 0 aliphatic carbocycles. The Kier molecular flexibility index (Phi) is 7.17. The third-order valence-corrected chi connectivity index (χ3v) is 4.61. The highest BCUT2D eigenvalue weighted by molar-refractivity contribution is 9.10. The van der Waals surface area contributed by atoms with Gasteiger partial charge < -0.3 is 10.4 Å². The summed E-state index contributed by atoms with van der Waals surface area (Å²) in [7, 11) is 0. The summed E-state index contributed by atoms with van der Waals surface area (Å²) in [6, 6.07) is 0.